The number of benzene rings is 1. The Morgan fingerprint density at radius 1 is 1.38 bits per heavy atom. The van der Waals surface area contributed by atoms with E-state index in [1.165, 1.54) is 7.11 Å². The third-order valence-electron chi connectivity index (χ3n) is 2.30. The fourth-order valence-electron chi connectivity index (χ4n) is 1.28. The second kappa shape index (κ2) is 5.04. The molecule has 0 spiro atoms. The van der Waals surface area contributed by atoms with Crippen LogP contribution in [0.2, 0.25) is 0 Å². The number of esters is 1. The van der Waals surface area contributed by atoms with Gasteiger partial charge in [0, 0.05) is 8.04 Å². The fraction of sp³-hybridized carbons (Fsp3) is 0.417. The van der Waals surface area contributed by atoms with E-state index in [0.717, 1.165) is 13.6 Å². The number of halogens is 2. The van der Waals surface area contributed by atoms with Gasteiger partial charge in [-0.15, -0.1) is 0 Å². The van der Waals surface area contributed by atoms with Gasteiger partial charge in [-0.25, -0.2) is 4.79 Å². The Bertz CT molecular complexity index is 422. The van der Waals surface area contributed by atoms with E-state index in [1.54, 1.807) is 0 Å². The lowest BCUT2D eigenvalue weighted by molar-refractivity contribution is 0.0599. The lowest BCUT2D eigenvalue weighted by Gasteiger charge is -2.20. The molecule has 0 amide bonds. The molecule has 0 bridgehead atoms. The first-order valence-electron chi connectivity index (χ1n) is 4.85. The zero-order valence-corrected chi connectivity index (χ0v) is 13.5. The van der Waals surface area contributed by atoms with Gasteiger partial charge in [0.05, 0.1) is 12.7 Å². The number of hydrogen-bond donors (Lipinski definition) is 0. The fourth-order valence-corrected chi connectivity index (χ4v) is 2.27. The van der Waals surface area contributed by atoms with E-state index < -0.39 is 0 Å². The van der Waals surface area contributed by atoms with Crippen molar-refractivity contribution in [3.63, 3.8) is 0 Å². The highest BCUT2D eigenvalue weighted by Gasteiger charge is 2.20. The number of methoxy groups -OCH3 is 1. The van der Waals surface area contributed by atoms with Crippen molar-refractivity contribution >= 4 is 44.5 Å². The highest BCUT2D eigenvalue weighted by Crippen LogP contribution is 2.31. The zero-order valence-electron chi connectivity index (χ0n) is 9.73. The maximum atomic E-state index is 11.6. The molecular formula is C12H14BrIO2. The van der Waals surface area contributed by atoms with Crippen LogP contribution in [0, 0.1) is 3.57 Å². The third kappa shape index (κ3) is 2.97. The lowest BCUT2D eigenvalue weighted by Crippen LogP contribution is -2.14. The van der Waals surface area contributed by atoms with Gasteiger partial charge in [0.15, 0.2) is 0 Å². The van der Waals surface area contributed by atoms with E-state index in [1.807, 2.05) is 12.1 Å². The quantitative estimate of drug-likeness (QED) is 0.526. The molecule has 4 heteroatoms. The molecular weight excluding hydrogens is 383 g/mol. The van der Waals surface area contributed by atoms with Crippen LogP contribution >= 0.6 is 38.5 Å². The summed E-state index contributed by atoms with van der Waals surface area (Å²) in [5.41, 5.74) is 1.73. The van der Waals surface area contributed by atoms with Crippen molar-refractivity contribution in [2.45, 2.75) is 26.2 Å². The Balaban J connectivity index is 3.39. The normalized spacial score (nSPS) is 11.4. The highest BCUT2D eigenvalue weighted by molar-refractivity contribution is 14.1. The monoisotopic (exact) mass is 396 g/mol. The molecule has 0 heterocycles. The molecule has 0 aromatic heterocycles. The Hall–Kier alpha value is -0.100. The first kappa shape index (κ1) is 14.0. The van der Waals surface area contributed by atoms with Crippen molar-refractivity contribution < 1.29 is 9.53 Å². The summed E-state index contributed by atoms with van der Waals surface area (Å²) < 4.78 is 6.59. The number of carbonyl (C=O) groups is 1. The smallest absolute Gasteiger partial charge is 0.338 e. The molecule has 1 rings (SSSR count). The molecule has 88 valence electrons. The molecule has 0 fully saturated rings. The summed E-state index contributed by atoms with van der Waals surface area (Å²) in [5, 5.41) is 0. The molecule has 0 atom stereocenters. The van der Waals surface area contributed by atoms with E-state index in [9.17, 15) is 4.79 Å². The van der Waals surface area contributed by atoms with Gasteiger partial charge in [-0.05, 0) is 61.6 Å². The first-order valence-corrected chi connectivity index (χ1v) is 6.72. The molecule has 16 heavy (non-hydrogen) atoms. The average Bonchev–Trinajstić information content (AvgIpc) is 2.19. The van der Waals surface area contributed by atoms with Crippen molar-refractivity contribution in [3.05, 3.63) is 31.3 Å². The maximum Gasteiger partial charge on any atom is 0.338 e. The second-order valence-corrected chi connectivity index (χ2v) is 6.49. The zero-order chi connectivity index (χ0) is 12.5. The Morgan fingerprint density at radius 3 is 2.38 bits per heavy atom. The summed E-state index contributed by atoms with van der Waals surface area (Å²) in [7, 11) is 1.40. The SMILES string of the molecule is COC(=O)c1cc(C(C)(C)C)cc(Br)c1I. The van der Waals surface area contributed by atoms with Crippen molar-refractivity contribution in [3.8, 4) is 0 Å². The van der Waals surface area contributed by atoms with Crippen LogP contribution in [0.1, 0.15) is 36.7 Å². The maximum absolute atomic E-state index is 11.6. The van der Waals surface area contributed by atoms with Crippen LogP contribution < -0.4 is 0 Å². The Labute approximate surface area is 118 Å². The Morgan fingerprint density at radius 2 is 1.94 bits per heavy atom. The van der Waals surface area contributed by atoms with Crippen LogP contribution in [0.15, 0.2) is 16.6 Å². The van der Waals surface area contributed by atoms with Gasteiger partial charge in [-0.3, -0.25) is 0 Å². The number of rotatable bonds is 1. The van der Waals surface area contributed by atoms with Gasteiger partial charge < -0.3 is 4.74 Å². The van der Waals surface area contributed by atoms with E-state index in [0.29, 0.717) is 5.56 Å². The van der Waals surface area contributed by atoms with Crippen LogP contribution in [-0.4, -0.2) is 13.1 Å². The molecule has 1 aromatic rings. The topological polar surface area (TPSA) is 26.3 Å². The number of hydrogen-bond acceptors (Lipinski definition) is 2. The standard InChI is InChI=1S/C12H14BrIO2/c1-12(2,3)7-5-8(11(15)16-4)10(14)9(13)6-7/h5-6H,1-4H3. The molecule has 0 aliphatic carbocycles. The third-order valence-corrected chi connectivity index (χ3v) is 4.83. The minimum Gasteiger partial charge on any atom is -0.465 e. The molecule has 2 nitrogen and oxygen atoms in total. The van der Waals surface area contributed by atoms with Gasteiger partial charge in [0.1, 0.15) is 0 Å². The molecule has 0 unspecified atom stereocenters. The van der Waals surface area contributed by atoms with Crippen LogP contribution in [0.25, 0.3) is 0 Å². The summed E-state index contributed by atoms with van der Waals surface area (Å²) in [4.78, 5) is 11.6. The van der Waals surface area contributed by atoms with Gasteiger partial charge in [0.2, 0.25) is 0 Å². The molecule has 0 aliphatic heterocycles. The summed E-state index contributed by atoms with van der Waals surface area (Å²) in [6.45, 7) is 6.34. The predicted molar refractivity (Wildman–Crippen MR) is 76.9 cm³/mol. The predicted octanol–water partition coefficient (Wildman–Crippen LogP) is 4.14. The van der Waals surface area contributed by atoms with Crippen molar-refractivity contribution in [2.75, 3.05) is 7.11 Å². The molecule has 0 radical (unpaired) electrons. The molecule has 0 saturated carbocycles. The average molecular weight is 397 g/mol. The molecule has 0 saturated heterocycles. The van der Waals surface area contributed by atoms with Gasteiger partial charge in [-0.1, -0.05) is 20.8 Å². The first-order chi connectivity index (χ1) is 7.27. The lowest BCUT2D eigenvalue weighted by atomic mass is 9.86. The van der Waals surface area contributed by atoms with Crippen LogP contribution in [0.3, 0.4) is 0 Å². The minimum absolute atomic E-state index is 0.00955. The van der Waals surface area contributed by atoms with E-state index in [4.69, 9.17) is 4.74 Å². The molecule has 0 aliphatic rings. The molecule has 0 N–H and O–H groups in total. The van der Waals surface area contributed by atoms with Gasteiger partial charge >= 0.3 is 5.97 Å². The molecule has 1 aromatic carbocycles. The van der Waals surface area contributed by atoms with Crippen LogP contribution in [0.5, 0.6) is 0 Å². The second-order valence-electron chi connectivity index (χ2n) is 4.56. The number of ether oxygens (including phenoxy) is 1. The van der Waals surface area contributed by atoms with Crippen LogP contribution in [-0.2, 0) is 10.2 Å². The summed E-state index contributed by atoms with van der Waals surface area (Å²) in [5.74, 6) is -0.295. The van der Waals surface area contributed by atoms with Crippen molar-refractivity contribution in [2.24, 2.45) is 0 Å². The minimum atomic E-state index is -0.295. The van der Waals surface area contributed by atoms with Crippen molar-refractivity contribution in [1.29, 1.82) is 0 Å². The number of carbonyl (C=O) groups excluding carboxylic acids is 1. The largest absolute Gasteiger partial charge is 0.465 e. The van der Waals surface area contributed by atoms with Crippen LogP contribution in [0.4, 0.5) is 0 Å². The Kier molecular flexibility index (Phi) is 4.40. The highest BCUT2D eigenvalue weighted by atomic mass is 127. The van der Waals surface area contributed by atoms with Gasteiger partial charge in [-0.2, -0.15) is 0 Å². The summed E-state index contributed by atoms with van der Waals surface area (Å²) in [6, 6.07) is 3.95. The summed E-state index contributed by atoms with van der Waals surface area (Å²) >= 11 is 5.61. The van der Waals surface area contributed by atoms with Gasteiger partial charge in [0.25, 0.3) is 0 Å². The van der Waals surface area contributed by atoms with E-state index in [2.05, 4.69) is 59.3 Å². The summed E-state index contributed by atoms with van der Waals surface area (Å²) in [6.07, 6.45) is 0. The van der Waals surface area contributed by atoms with E-state index in [-0.39, 0.29) is 11.4 Å². The van der Waals surface area contributed by atoms with Crippen molar-refractivity contribution in [1.82, 2.24) is 0 Å². The van der Waals surface area contributed by atoms with E-state index >= 15 is 0 Å².